The molecule has 1 aromatic heterocycles. The van der Waals surface area contributed by atoms with Crippen molar-refractivity contribution in [3.8, 4) is 17.6 Å². The van der Waals surface area contributed by atoms with E-state index < -0.39 is 12.4 Å². The molecule has 2 aromatic carbocycles. The van der Waals surface area contributed by atoms with Crippen LogP contribution in [0.5, 0.6) is 11.5 Å². The average Bonchev–Trinajstić information content (AvgIpc) is 3.36. The van der Waals surface area contributed by atoms with Gasteiger partial charge in [-0.3, -0.25) is 0 Å². The van der Waals surface area contributed by atoms with Gasteiger partial charge in [0, 0.05) is 34.0 Å². The molecule has 0 spiro atoms. The van der Waals surface area contributed by atoms with Crippen molar-refractivity contribution in [2.24, 2.45) is 0 Å². The quantitative estimate of drug-likeness (QED) is 0.546. The number of nitrogens with zero attached hydrogens (tertiary/aromatic N) is 2. The number of rotatable bonds is 5. The number of hydrogen-bond donors (Lipinski definition) is 1. The monoisotopic (exact) mass is 452 g/mol. The molecule has 5 rings (SSSR count). The summed E-state index contributed by atoms with van der Waals surface area (Å²) in [4.78, 5) is 0. The van der Waals surface area contributed by atoms with Crippen molar-refractivity contribution in [3.63, 3.8) is 0 Å². The van der Waals surface area contributed by atoms with Gasteiger partial charge in [-0.1, -0.05) is 32.9 Å². The summed E-state index contributed by atoms with van der Waals surface area (Å²) in [7, 11) is 0. The SMILES string of the molecule is CC(C)(C)c1cc2cc(C3(c4ccc5c(c4)OC(F)(F)O5)CC3)ccc2n1CC(O)CC#N. The fourth-order valence-corrected chi connectivity index (χ4v) is 4.88. The predicted octanol–water partition coefficient (Wildman–Crippen LogP) is 5.61. The van der Waals surface area contributed by atoms with E-state index in [2.05, 4.69) is 59.1 Å². The molecule has 2 heterocycles. The molecule has 0 amide bonds. The smallest absolute Gasteiger partial charge is 0.395 e. The predicted molar refractivity (Wildman–Crippen MR) is 120 cm³/mol. The van der Waals surface area contributed by atoms with Crippen LogP contribution in [0.3, 0.4) is 0 Å². The number of alkyl halides is 2. The van der Waals surface area contributed by atoms with Crippen molar-refractivity contribution in [2.45, 2.75) is 69.8 Å². The Labute approximate surface area is 191 Å². The molecular formula is C26H26F2N2O3. The second kappa shape index (κ2) is 7.19. The fourth-order valence-electron chi connectivity index (χ4n) is 4.88. The summed E-state index contributed by atoms with van der Waals surface area (Å²) in [5.41, 5.74) is 3.75. The number of aromatic nitrogens is 1. The largest absolute Gasteiger partial charge is 0.586 e. The molecule has 1 unspecified atom stereocenters. The minimum absolute atomic E-state index is 0.0535. The third-order valence-corrected chi connectivity index (χ3v) is 6.65. The zero-order valence-corrected chi connectivity index (χ0v) is 18.9. The maximum atomic E-state index is 13.5. The second-order valence-corrected chi connectivity index (χ2v) is 10.1. The van der Waals surface area contributed by atoms with Gasteiger partial charge in [0.05, 0.1) is 18.6 Å². The molecule has 1 atom stereocenters. The molecule has 1 N–H and O–H groups in total. The highest BCUT2D eigenvalue weighted by molar-refractivity contribution is 5.83. The Morgan fingerprint density at radius 2 is 1.73 bits per heavy atom. The van der Waals surface area contributed by atoms with Gasteiger partial charge in [-0.05, 0) is 54.3 Å². The van der Waals surface area contributed by atoms with Crippen LogP contribution in [0.2, 0.25) is 0 Å². The normalized spacial score (nSPS) is 18.8. The molecule has 3 aromatic rings. The van der Waals surface area contributed by atoms with Gasteiger partial charge in [0.15, 0.2) is 11.5 Å². The maximum absolute atomic E-state index is 13.5. The number of aliphatic hydroxyl groups excluding tert-OH is 1. The van der Waals surface area contributed by atoms with E-state index in [4.69, 9.17) is 5.26 Å². The van der Waals surface area contributed by atoms with E-state index in [-0.39, 0.29) is 28.7 Å². The number of nitriles is 1. The van der Waals surface area contributed by atoms with Gasteiger partial charge in [-0.25, -0.2) is 0 Å². The molecular weight excluding hydrogens is 426 g/mol. The van der Waals surface area contributed by atoms with Crippen LogP contribution in [-0.2, 0) is 17.4 Å². The van der Waals surface area contributed by atoms with Gasteiger partial charge in [0.2, 0.25) is 0 Å². The molecule has 1 aliphatic heterocycles. The summed E-state index contributed by atoms with van der Waals surface area (Å²) in [5.74, 6) is 0.121. The molecule has 33 heavy (non-hydrogen) atoms. The van der Waals surface area contributed by atoms with Crippen molar-refractivity contribution in [3.05, 3.63) is 59.3 Å². The van der Waals surface area contributed by atoms with Crippen LogP contribution in [-0.4, -0.2) is 22.1 Å². The third kappa shape index (κ3) is 3.72. The third-order valence-electron chi connectivity index (χ3n) is 6.65. The highest BCUT2D eigenvalue weighted by atomic mass is 19.3. The zero-order valence-electron chi connectivity index (χ0n) is 18.9. The van der Waals surface area contributed by atoms with Crippen molar-refractivity contribution in [1.82, 2.24) is 4.57 Å². The lowest BCUT2D eigenvalue weighted by molar-refractivity contribution is -0.286. The van der Waals surface area contributed by atoms with Crippen LogP contribution < -0.4 is 9.47 Å². The number of fused-ring (bicyclic) bond motifs is 2. The van der Waals surface area contributed by atoms with E-state index in [0.29, 0.717) is 6.54 Å². The number of benzene rings is 2. The van der Waals surface area contributed by atoms with Crippen molar-refractivity contribution < 1.29 is 23.4 Å². The average molecular weight is 453 g/mol. The van der Waals surface area contributed by atoms with E-state index in [9.17, 15) is 13.9 Å². The first-order valence-corrected chi connectivity index (χ1v) is 11.1. The first-order chi connectivity index (χ1) is 15.5. The molecule has 5 nitrogen and oxygen atoms in total. The summed E-state index contributed by atoms with van der Waals surface area (Å²) in [5, 5.41) is 20.3. The molecule has 0 bridgehead atoms. The fraction of sp³-hybridized carbons (Fsp3) is 0.423. The summed E-state index contributed by atoms with van der Waals surface area (Å²) >= 11 is 0. The van der Waals surface area contributed by atoms with Crippen LogP contribution in [0.4, 0.5) is 8.78 Å². The summed E-state index contributed by atoms with van der Waals surface area (Å²) in [6.07, 6.45) is -2.45. The number of ether oxygens (including phenoxy) is 2. The van der Waals surface area contributed by atoms with Gasteiger partial charge in [-0.15, -0.1) is 8.78 Å². The molecule has 1 aliphatic carbocycles. The van der Waals surface area contributed by atoms with Crippen molar-refractivity contribution in [2.75, 3.05) is 0 Å². The Morgan fingerprint density at radius 3 is 2.39 bits per heavy atom. The van der Waals surface area contributed by atoms with Gasteiger partial charge in [-0.2, -0.15) is 5.26 Å². The molecule has 1 saturated carbocycles. The standard InChI is InChI=1S/C26H26F2N2O3/c1-24(2,3)23-13-16-12-17(4-6-20(16)30(23)15-19(31)8-11-29)25(9-10-25)18-5-7-21-22(14-18)33-26(27,28)32-21/h4-7,12-14,19,31H,8-10,15H2,1-3H3. The van der Waals surface area contributed by atoms with E-state index in [1.54, 1.807) is 12.1 Å². The van der Waals surface area contributed by atoms with Crippen LogP contribution in [0.25, 0.3) is 10.9 Å². The van der Waals surface area contributed by atoms with E-state index in [1.165, 1.54) is 0 Å². The molecule has 2 aliphatic rings. The molecule has 0 saturated heterocycles. The summed E-state index contributed by atoms with van der Waals surface area (Å²) < 4.78 is 38.3. The van der Waals surface area contributed by atoms with Gasteiger partial charge >= 0.3 is 6.29 Å². The van der Waals surface area contributed by atoms with Crippen molar-refractivity contribution in [1.29, 1.82) is 5.26 Å². The molecule has 1 fully saturated rings. The lowest BCUT2D eigenvalue weighted by atomic mass is 9.87. The number of halogens is 2. The number of aliphatic hydroxyl groups is 1. The zero-order chi connectivity index (χ0) is 23.6. The van der Waals surface area contributed by atoms with Gasteiger partial charge in [0.1, 0.15) is 0 Å². The first kappa shape index (κ1) is 21.7. The Balaban J connectivity index is 1.55. The van der Waals surface area contributed by atoms with Crippen LogP contribution in [0.1, 0.15) is 56.9 Å². The first-order valence-electron chi connectivity index (χ1n) is 11.1. The van der Waals surface area contributed by atoms with E-state index in [0.717, 1.165) is 40.6 Å². The highest BCUT2D eigenvalue weighted by Gasteiger charge is 2.48. The second-order valence-electron chi connectivity index (χ2n) is 10.1. The molecule has 172 valence electrons. The van der Waals surface area contributed by atoms with Crippen LogP contribution >= 0.6 is 0 Å². The maximum Gasteiger partial charge on any atom is 0.586 e. The number of hydrogen-bond acceptors (Lipinski definition) is 4. The van der Waals surface area contributed by atoms with Gasteiger partial charge in [0.25, 0.3) is 0 Å². The van der Waals surface area contributed by atoms with E-state index >= 15 is 0 Å². The van der Waals surface area contributed by atoms with Crippen LogP contribution in [0.15, 0.2) is 42.5 Å². The lowest BCUT2D eigenvalue weighted by Crippen LogP contribution is -2.25. The topological polar surface area (TPSA) is 67.4 Å². The summed E-state index contributed by atoms with van der Waals surface area (Å²) in [6, 6.07) is 15.5. The van der Waals surface area contributed by atoms with E-state index in [1.807, 2.05) is 12.1 Å². The van der Waals surface area contributed by atoms with Crippen molar-refractivity contribution >= 4 is 10.9 Å². The highest BCUT2D eigenvalue weighted by Crippen LogP contribution is 2.56. The van der Waals surface area contributed by atoms with Crippen LogP contribution in [0, 0.1) is 11.3 Å². The lowest BCUT2D eigenvalue weighted by Gasteiger charge is -2.23. The Morgan fingerprint density at radius 1 is 1.06 bits per heavy atom. The minimum Gasteiger partial charge on any atom is -0.395 e. The Hall–Kier alpha value is -3.11. The molecule has 0 radical (unpaired) electrons. The molecule has 7 heteroatoms. The Bertz CT molecular complexity index is 1280. The summed E-state index contributed by atoms with van der Waals surface area (Å²) in [6.45, 7) is 6.73. The van der Waals surface area contributed by atoms with Gasteiger partial charge < -0.3 is 19.1 Å². The Kier molecular flexibility index (Phi) is 4.74. The minimum atomic E-state index is -3.63.